The van der Waals surface area contributed by atoms with Crippen LogP contribution in [0.5, 0.6) is 5.75 Å². The number of hydrogen-bond acceptors (Lipinski definition) is 3. The molecule has 0 atom stereocenters. The third kappa shape index (κ3) is 2.48. The van der Waals surface area contributed by atoms with Crippen LogP contribution < -0.4 is 4.74 Å². The van der Waals surface area contributed by atoms with Gasteiger partial charge in [-0.1, -0.05) is 6.07 Å². The highest BCUT2D eigenvalue weighted by Gasteiger charge is 2.09. The summed E-state index contributed by atoms with van der Waals surface area (Å²) in [6.45, 7) is 1.95. The van der Waals surface area contributed by atoms with Crippen molar-refractivity contribution in [2.45, 2.75) is 6.92 Å². The highest BCUT2D eigenvalue weighted by molar-refractivity contribution is 5.90. The van der Waals surface area contributed by atoms with Gasteiger partial charge in [-0.3, -0.25) is 4.98 Å². The standard InChI is InChI=1S/C14H13NO3/c1-9-3-4-13(15-8-9)10-5-11(14(16)17)7-12(6-10)18-2/h3-8H,1-2H3,(H,16,17). The number of carbonyl (C=O) groups is 1. The van der Waals surface area contributed by atoms with E-state index in [4.69, 9.17) is 9.84 Å². The van der Waals surface area contributed by atoms with Gasteiger partial charge in [0.1, 0.15) is 5.75 Å². The Kier molecular flexibility index (Phi) is 3.28. The number of pyridine rings is 1. The van der Waals surface area contributed by atoms with Crippen LogP contribution in [0.25, 0.3) is 11.3 Å². The van der Waals surface area contributed by atoms with Gasteiger partial charge in [0, 0.05) is 11.8 Å². The number of aryl methyl sites for hydroxylation is 1. The molecule has 1 N–H and O–H groups in total. The van der Waals surface area contributed by atoms with Gasteiger partial charge in [-0.2, -0.15) is 0 Å². The first-order valence-corrected chi connectivity index (χ1v) is 5.45. The summed E-state index contributed by atoms with van der Waals surface area (Å²) >= 11 is 0. The molecule has 0 fully saturated rings. The summed E-state index contributed by atoms with van der Waals surface area (Å²) in [5.74, 6) is -0.477. The molecule has 2 aromatic rings. The van der Waals surface area contributed by atoms with Crippen molar-refractivity contribution in [3.05, 3.63) is 47.7 Å². The van der Waals surface area contributed by atoms with Crippen LogP contribution in [-0.4, -0.2) is 23.2 Å². The van der Waals surface area contributed by atoms with E-state index in [1.165, 1.54) is 13.2 Å². The third-order valence-corrected chi connectivity index (χ3v) is 2.60. The fourth-order valence-electron chi connectivity index (χ4n) is 1.63. The van der Waals surface area contributed by atoms with Gasteiger partial charge in [0.05, 0.1) is 18.4 Å². The average Bonchev–Trinajstić information content (AvgIpc) is 2.39. The lowest BCUT2D eigenvalue weighted by molar-refractivity contribution is 0.0696. The van der Waals surface area contributed by atoms with Crippen molar-refractivity contribution in [2.75, 3.05) is 7.11 Å². The maximum absolute atomic E-state index is 11.0. The minimum atomic E-state index is -0.984. The number of carboxylic acid groups (broad SMARTS) is 1. The quantitative estimate of drug-likeness (QED) is 0.900. The van der Waals surface area contributed by atoms with Gasteiger partial charge >= 0.3 is 5.97 Å². The Morgan fingerprint density at radius 2 is 2.06 bits per heavy atom. The van der Waals surface area contributed by atoms with Gasteiger partial charge in [-0.05, 0) is 36.8 Å². The van der Waals surface area contributed by atoms with Gasteiger partial charge in [0.15, 0.2) is 0 Å². The molecule has 4 heteroatoms. The number of carboxylic acids is 1. The van der Waals surface area contributed by atoms with Gasteiger partial charge in [-0.25, -0.2) is 4.79 Å². The molecule has 0 aliphatic carbocycles. The number of benzene rings is 1. The number of rotatable bonds is 3. The Labute approximate surface area is 105 Å². The number of aromatic carboxylic acids is 1. The van der Waals surface area contributed by atoms with Gasteiger partial charge in [0.25, 0.3) is 0 Å². The Balaban J connectivity index is 2.52. The lowest BCUT2D eigenvalue weighted by Crippen LogP contribution is -1.98. The van der Waals surface area contributed by atoms with Crippen molar-refractivity contribution in [3.63, 3.8) is 0 Å². The van der Waals surface area contributed by atoms with Gasteiger partial charge < -0.3 is 9.84 Å². The Hall–Kier alpha value is -2.36. The number of nitrogens with zero attached hydrogens (tertiary/aromatic N) is 1. The van der Waals surface area contributed by atoms with E-state index in [9.17, 15) is 4.79 Å². The molecule has 2 rings (SSSR count). The van der Waals surface area contributed by atoms with E-state index < -0.39 is 5.97 Å². The summed E-state index contributed by atoms with van der Waals surface area (Å²) in [6.07, 6.45) is 1.75. The van der Waals surface area contributed by atoms with Crippen LogP contribution in [0.15, 0.2) is 36.5 Å². The molecule has 92 valence electrons. The van der Waals surface area contributed by atoms with Crippen LogP contribution in [-0.2, 0) is 0 Å². The largest absolute Gasteiger partial charge is 0.497 e. The minimum absolute atomic E-state index is 0.187. The molecule has 0 saturated heterocycles. The highest BCUT2D eigenvalue weighted by Crippen LogP contribution is 2.24. The zero-order valence-corrected chi connectivity index (χ0v) is 10.2. The summed E-state index contributed by atoms with van der Waals surface area (Å²) in [5, 5.41) is 9.04. The van der Waals surface area contributed by atoms with Crippen molar-refractivity contribution in [3.8, 4) is 17.0 Å². The SMILES string of the molecule is COc1cc(C(=O)O)cc(-c2ccc(C)cn2)c1. The number of methoxy groups -OCH3 is 1. The first-order valence-electron chi connectivity index (χ1n) is 5.45. The monoisotopic (exact) mass is 243 g/mol. The summed E-state index contributed by atoms with van der Waals surface area (Å²) in [6, 6.07) is 8.63. The molecule has 0 bridgehead atoms. The predicted octanol–water partition coefficient (Wildman–Crippen LogP) is 2.76. The van der Waals surface area contributed by atoms with Crippen molar-refractivity contribution < 1.29 is 14.6 Å². The van der Waals surface area contributed by atoms with Crippen molar-refractivity contribution in [2.24, 2.45) is 0 Å². The Bertz CT molecular complexity index is 576. The fraction of sp³-hybridized carbons (Fsp3) is 0.143. The zero-order valence-electron chi connectivity index (χ0n) is 10.2. The maximum Gasteiger partial charge on any atom is 0.335 e. The van der Waals surface area contributed by atoms with Gasteiger partial charge in [0.2, 0.25) is 0 Å². The van der Waals surface area contributed by atoms with Gasteiger partial charge in [-0.15, -0.1) is 0 Å². The summed E-state index contributed by atoms with van der Waals surface area (Å²) in [7, 11) is 1.51. The molecule has 1 heterocycles. The molecule has 0 radical (unpaired) electrons. The predicted molar refractivity (Wildman–Crippen MR) is 67.9 cm³/mol. The van der Waals surface area contributed by atoms with Crippen LogP contribution >= 0.6 is 0 Å². The minimum Gasteiger partial charge on any atom is -0.497 e. The van der Waals surface area contributed by atoms with Crippen LogP contribution in [0.2, 0.25) is 0 Å². The Morgan fingerprint density at radius 3 is 2.61 bits per heavy atom. The topological polar surface area (TPSA) is 59.4 Å². The first-order chi connectivity index (χ1) is 8.60. The molecule has 0 aliphatic rings. The third-order valence-electron chi connectivity index (χ3n) is 2.60. The van der Waals surface area contributed by atoms with Crippen LogP contribution in [0, 0.1) is 6.92 Å². The number of hydrogen-bond donors (Lipinski definition) is 1. The van der Waals surface area contributed by atoms with E-state index in [-0.39, 0.29) is 5.56 Å². The van der Waals surface area contributed by atoms with E-state index in [2.05, 4.69) is 4.98 Å². The molecule has 0 aliphatic heterocycles. The van der Waals surface area contributed by atoms with Crippen molar-refractivity contribution in [1.82, 2.24) is 4.98 Å². The van der Waals surface area contributed by atoms with Crippen LogP contribution in [0.4, 0.5) is 0 Å². The highest BCUT2D eigenvalue weighted by atomic mass is 16.5. The maximum atomic E-state index is 11.0. The second-order valence-electron chi connectivity index (χ2n) is 3.98. The average molecular weight is 243 g/mol. The number of ether oxygens (including phenoxy) is 1. The molecule has 4 nitrogen and oxygen atoms in total. The molecule has 1 aromatic carbocycles. The van der Waals surface area contributed by atoms with E-state index in [1.807, 2.05) is 19.1 Å². The second-order valence-corrected chi connectivity index (χ2v) is 3.98. The number of aromatic nitrogens is 1. The molecule has 0 amide bonds. The zero-order chi connectivity index (χ0) is 13.1. The van der Waals surface area contributed by atoms with Crippen molar-refractivity contribution in [1.29, 1.82) is 0 Å². The van der Waals surface area contributed by atoms with E-state index in [0.717, 1.165) is 16.8 Å². The fourth-order valence-corrected chi connectivity index (χ4v) is 1.63. The molecule has 0 saturated carbocycles. The van der Waals surface area contributed by atoms with E-state index >= 15 is 0 Å². The Morgan fingerprint density at radius 1 is 1.28 bits per heavy atom. The van der Waals surface area contributed by atoms with E-state index in [1.54, 1.807) is 18.3 Å². The first kappa shape index (κ1) is 12.1. The van der Waals surface area contributed by atoms with Crippen LogP contribution in [0.1, 0.15) is 15.9 Å². The molecular formula is C14H13NO3. The lowest BCUT2D eigenvalue weighted by atomic mass is 10.1. The molecule has 1 aromatic heterocycles. The second kappa shape index (κ2) is 4.87. The van der Waals surface area contributed by atoms with Crippen molar-refractivity contribution >= 4 is 5.97 Å². The molecule has 0 spiro atoms. The molecular weight excluding hydrogens is 230 g/mol. The summed E-state index contributed by atoms with van der Waals surface area (Å²) in [5.41, 5.74) is 2.69. The summed E-state index contributed by atoms with van der Waals surface area (Å²) < 4.78 is 5.10. The lowest BCUT2D eigenvalue weighted by Gasteiger charge is -2.06. The smallest absolute Gasteiger partial charge is 0.335 e. The van der Waals surface area contributed by atoms with Crippen LogP contribution in [0.3, 0.4) is 0 Å². The summed E-state index contributed by atoms with van der Waals surface area (Å²) in [4.78, 5) is 15.3. The normalized spacial score (nSPS) is 10.1. The van der Waals surface area contributed by atoms with E-state index in [0.29, 0.717) is 5.75 Å². The molecule has 18 heavy (non-hydrogen) atoms. The molecule has 0 unspecified atom stereocenters.